The largest absolute Gasteiger partial charge is 0.320 e. The van der Waals surface area contributed by atoms with Crippen LogP contribution in [-0.2, 0) is 0 Å². The van der Waals surface area contributed by atoms with Crippen molar-refractivity contribution in [1.29, 1.82) is 0 Å². The van der Waals surface area contributed by atoms with E-state index in [-0.39, 0.29) is 12.5 Å². The fraction of sp³-hybridized carbons (Fsp3) is 0.0714. The van der Waals surface area contributed by atoms with Crippen LogP contribution in [0.4, 0.5) is 5.69 Å². The molecule has 0 fully saturated rings. The summed E-state index contributed by atoms with van der Waals surface area (Å²) >= 11 is 19.1. The highest BCUT2D eigenvalue weighted by Crippen LogP contribution is 2.32. The van der Waals surface area contributed by atoms with Crippen molar-refractivity contribution in [2.45, 2.75) is 0 Å². The van der Waals surface area contributed by atoms with E-state index in [0.29, 0.717) is 31.2 Å². The fourth-order valence-corrected chi connectivity index (χ4v) is 2.87. The molecule has 2 aromatic rings. The molecule has 0 atom stereocenters. The zero-order chi connectivity index (χ0) is 15.4. The van der Waals surface area contributed by atoms with Crippen molar-refractivity contribution in [3.05, 3.63) is 49.1 Å². The van der Waals surface area contributed by atoms with Gasteiger partial charge in [-0.25, -0.2) is 0 Å². The van der Waals surface area contributed by atoms with Crippen molar-refractivity contribution in [2.24, 2.45) is 5.73 Å². The maximum Gasteiger partial charge on any atom is 0.267 e. The monoisotopic (exact) mass is 358 g/mol. The van der Waals surface area contributed by atoms with Gasteiger partial charge in [0.1, 0.15) is 4.88 Å². The summed E-state index contributed by atoms with van der Waals surface area (Å²) in [6, 6.07) is 4.74. The van der Waals surface area contributed by atoms with Crippen LogP contribution in [0.5, 0.6) is 0 Å². The number of carbonyl (C=O) groups is 1. The average molecular weight is 360 g/mol. The molecule has 108 valence electrons. The van der Waals surface area contributed by atoms with E-state index in [4.69, 9.17) is 40.5 Å². The number of thiophene rings is 1. The minimum absolute atomic E-state index is 0.232. The number of amides is 1. The molecule has 0 radical (unpaired) electrons. The minimum Gasteiger partial charge on any atom is -0.320 e. The van der Waals surface area contributed by atoms with Gasteiger partial charge in [0, 0.05) is 5.56 Å². The summed E-state index contributed by atoms with van der Waals surface area (Å²) in [6.45, 7) is 0.232. The van der Waals surface area contributed by atoms with Crippen LogP contribution in [0.1, 0.15) is 15.2 Å². The summed E-state index contributed by atoms with van der Waals surface area (Å²) in [5.41, 5.74) is 6.35. The Balaban J connectivity index is 2.27. The second kappa shape index (κ2) is 7.17. The Kier molecular flexibility index (Phi) is 5.51. The normalized spacial score (nSPS) is 9.90. The predicted molar refractivity (Wildman–Crippen MR) is 89.7 cm³/mol. The molecule has 0 bridgehead atoms. The van der Waals surface area contributed by atoms with Gasteiger partial charge in [0.25, 0.3) is 5.91 Å². The van der Waals surface area contributed by atoms with Crippen molar-refractivity contribution in [2.75, 3.05) is 11.9 Å². The zero-order valence-electron chi connectivity index (χ0n) is 10.5. The highest BCUT2D eigenvalue weighted by molar-refractivity contribution is 7.12. The van der Waals surface area contributed by atoms with E-state index >= 15 is 0 Å². The van der Waals surface area contributed by atoms with E-state index in [2.05, 4.69) is 17.2 Å². The standard InChI is InChI=1S/C14H9Cl3N2OS/c15-9-6-11(17)12(7-10(9)16)19-14(20)13-8(2-1-4-18)3-5-21-13/h3,5-7H,4,18H2,(H,19,20). The van der Waals surface area contributed by atoms with Gasteiger partial charge in [-0.1, -0.05) is 46.6 Å². The second-order valence-electron chi connectivity index (χ2n) is 3.87. The van der Waals surface area contributed by atoms with Crippen LogP contribution in [0, 0.1) is 11.8 Å². The lowest BCUT2D eigenvalue weighted by molar-refractivity contribution is 0.103. The van der Waals surface area contributed by atoms with Crippen molar-refractivity contribution >= 4 is 57.7 Å². The Labute approximate surface area is 141 Å². The van der Waals surface area contributed by atoms with Crippen molar-refractivity contribution < 1.29 is 4.79 Å². The minimum atomic E-state index is -0.313. The van der Waals surface area contributed by atoms with E-state index in [0.717, 1.165) is 0 Å². The zero-order valence-corrected chi connectivity index (χ0v) is 13.6. The molecular weight excluding hydrogens is 351 g/mol. The Hall–Kier alpha value is -1.22. The smallest absolute Gasteiger partial charge is 0.267 e. The van der Waals surface area contributed by atoms with E-state index in [9.17, 15) is 4.79 Å². The third-order valence-electron chi connectivity index (χ3n) is 2.45. The highest BCUT2D eigenvalue weighted by atomic mass is 35.5. The summed E-state index contributed by atoms with van der Waals surface area (Å²) in [5, 5.41) is 5.42. The Morgan fingerprint density at radius 2 is 1.95 bits per heavy atom. The first-order valence-corrected chi connectivity index (χ1v) is 7.76. The van der Waals surface area contributed by atoms with E-state index < -0.39 is 0 Å². The molecule has 1 heterocycles. The number of nitrogens with two attached hydrogens (primary N) is 1. The number of halogens is 3. The number of carbonyl (C=O) groups excluding carboxylic acids is 1. The van der Waals surface area contributed by atoms with E-state index in [1.807, 2.05) is 0 Å². The summed E-state index contributed by atoms with van der Waals surface area (Å²) in [4.78, 5) is 12.8. The van der Waals surface area contributed by atoms with Crippen LogP contribution < -0.4 is 11.1 Å². The van der Waals surface area contributed by atoms with Gasteiger partial charge >= 0.3 is 0 Å². The third-order valence-corrected chi connectivity index (χ3v) is 4.40. The molecule has 3 nitrogen and oxygen atoms in total. The molecule has 2 rings (SSSR count). The van der Waals surface area contributed by atoms with Gasteiger partial charge in [0.15, 0.2) is 0 Å². The van der Waals surface area contributed by atoms with Gasteiger partial charge < -0.3 is 11.1 Å². The second-order valence-corrected chi connectivity index (χ2v) is 6.01. The molecule has 0 aliphatic rings. The molecule has 0 spiro atoms. The van der Waals surface area contributed by atoms with Crippen molar-refractivity contribution in [3.8, 4) is 11.8 Å². The van der Waals surface area contributed by atoms with E-state index in [1.54, 1.807) is 11.4 Å². The van der Waals surface area contributed by atoms with Gasteiger partial charge in [-0.2, -0.15) is 0 Å². The van der Waals surface area contributed by atoms with Crippen LogP contribution in [-0.4, -0.2) is 12.5 Å². The fourth-order valence-electron chi connectivity index (χ4n) is 1.53. The third kappa shape index (κ3) is 3.91. The van der Waals surface area contributed by atoms with Crippen LogP contribution in [0.3, 0.4) is 0 Å². The molecule has 1 aromatic carbocycles. The molecule has 0 saturated carbocycles. The number of benzene rings is 1. The molecule has 1 aromatic heterocycles. The molecule has 21 heavy (non-hydrogen) atoms. The first-order chi connectivity index (χ1) is 10.0. The van der Waals surface area contributed by atoms with Crippen molar-refractivity contribution in [3.63, 3.8) is 0 Å². The Bertz CT molecular complexity index is 746. The van der Waals surface area contributed by atoms with E-state index in [1.165, 1.54) is 23.5 Å². The lowest BCUT2D eigenvalue weighted by Crippen LogP contribution is -2.12. The average Bonchev–Trinajstić information content (AvgIpc) is 2.91. The maximum absolute atomic E-state index is 12.3. The molecule has 0 unspecified atom stereocenters. The lowest BCUT2D eigenvalue weighted by Gasteiger charge is -2.08. The number of rotatable bonds is 2. The summed E-state index contributed by atoms with van der Waals surface area (Å²) in [6.07, 6.45) is 0. The van der Waals surface area contributed by atoms with Gasteiger partial charge in [-0.15, -0.1) is 11.3 Å². The topological polar surface area (TPSA) is 55.1 Å². The predicted octanol–water partition coefficient (Wildman–Crippen LogP) is 4.27. The molecule has 7 heteroatoms. The first-order valence-electron chi connectivity index (χ1n) is 5.75. The van der Waals surface area contributed by atoms with Gasteiger partial charge in [0.05, 0.1) is 27.3 Å². The number of anilines is 1. The maximum atomic E-state index is 12.3. The molecule has 0 aliphatic heterocycles. The summed E-state index contributed by atoms with van der Waals surface area (Å²) < 4.78 is 0. The number of nitrogens with one attached hydrogen (secondary N) is 1. The lowest BCUT2D eigenvalue weighted by atomic mass is 10.2. The van der Waals surface area contributed by atoms with Gasteiger partial charge in [-0.05, 0) is 23.6 Å². The van der Waals surface area contributed by atoms with Crippen molar-refractivity contribution in [1.82, 2.24) is 0 Å². The number of hydrogen-bond donors (Lipinski definition) is 2. The number of hydrogen-bond acceptors (Lipinski definition) is 3. The first kappa shape index (κ1) is 16.2. The van der Waals surface area contributed by atoms with Crippen LogP contribution >= 0.6 is 46.1 Å². The molecule has 0 aliphatic carbocycles. The van der Waals surface area contributed by atoms with Crippen LogP contribution in [0.15, 0.2) is 23.6 Å². The van der Waals surface area contributed by atoms with Crippen LogP contribution in [0.25, 0.3) is 0 Å². The molecule has 1 amide bonds. The SMILES string of the molecule is NCC#Cc1ccsc1C(=O)Nc1cc(Cl)c(Cl)cc1Cl. The molecule has 0 saturated heterocycles. The summed E-state index contributed by atoms with van der Waals surface area (Å²) in [7, 11) is 0. The highest BCUT2D eigenvalue weighted by Gasteiger charge is 2.15. The Morgan fingerprint density at radius 1 is 1.24 bits per heavy atom. The van der Waals surface area contributed by atoms with Gasteiger partial charge in [-0.3, -0.25) is 4.79 Å². The van der Waals surface area contributed by atoms with Gasteiger partial charge in [0.2, 0.25) is 0 Å². The molecule has 3 N–H and O–H groups in total. The Morgan fingerprint density at radius 3 is 2.67 bits per heavy atom. The summed E-state index contributed by atoms with van der Waals surface area (Å²) in [5.74, 6) is 5.25. The molecular formula is C14H9Cl3N2OS. The quantitative estimate of drug-likeness (QED) is 0.621. The van der Waals surface area contributed by atoms with Crippen LogP contribution in [0.2, 0.25) is 15.1 Å².